The second-order valence-corrected chi connectivity index (χ2v) is 3.80. The van der Waals surface area contributed by atoms with Crippen LogP contribution in [0.3, 0.4) is 0 Å². The van der Waals surface area contributed by atoms with Gasteiger partial charge in [-0.3, -0.25) is 19.9 Å². The zero-order valence-electron chi connectivity index (χ0n) is 8.49. The highest BCUT2D eigenvalue weighted by atomic mass is 16.2. The number of amides is 2. The maximum absolute atomic E-state index is 11.6. The largest absolute Gasteiger partial charge is 0.296 e. The smallest absolute Gasteiger partial charge is 0.234 e. The second-order valence-electron chi connectivity index (χ2n) is 3.80. The number of rotatable bonds is 1. The molecule has 1 aromatic rings. The fraction of sp³-hybridized carbons (Fsp3) is 0.364. The molecule has 4 nitrogen and oxygen atoms in total. The number of aromatic nitrogens is 1. The van der Waals surface area contributed by atoms with E-state index in [1.807, 2.05) is 13.0 Å². The Kier molecular flexibility index (Phi) is 2.49. The van der Waals surface area contributed by atoms with E-state index in [0.29, 0.717) is 12.8 Å². The zero-order valence-corrected chi connectivity index (χ0v) is 8.49. The van der Waals surface area contributed by atoms with Crippen LogP contribution >= 0.6 is 0 Å². The van der Waals surface area contributed by atoms with Gasteiger partial charge < -0.3 is 0 Å². The minimum atomic E-state index is -0.227. The first-order valence-corrected chi connectivity index (χ1v) is 4.92. The van der Waals surface area contributed by atoms with Crippen molar-refractivity contribution < 1.29 is 9.59 Å². The van der Waals surface area contributed by atoms with Gasteiger partial charge in [-0.15, -0.1) is 0 Å². The highest BCUT2D eigenvalue weighted by molar-refractivity contribution is 6.00. The fourth-order valence-electron chi connectivity index (χ4n) is 1.78. The Balaban J connectivity index is 2.24. The molecule has 1 aliphatic rings. The molecule has 2 rings (SSSR count). The minimum absolute atomic E-state index is 0.183. The number of nitrogens with one attached hydrogen (secondary N) is 1. The summed E-state index contributed by atoms with van der Waals surface area (Å²) in [6.07, 6.45) is 4.42. The maximum Gasteiger partial charge on any atom is 0.234 e. The van der Waals surface area contributed by atoms with Crippen molar-refractivity contribution in [1.82, 2.24) is 10.3 Å². The lowest BCUT2D eigenvalue weighted by Gasteiger charge is -2.20. The molecule has 0 saturated carbocycles. The Morgan fingerprint density at radius 3 is 2.87 bits per heavy atom. The van der Waals surface area contributed by atoms with E-state index in [-0.39, 0.29) is 17.7 Å². The minimum Gasteiger partial charge on any atom is -0.296 e. The van der Waals surface area contributed by atoms with Gasteiger partial charge in [0.25, 0.3) is 0 Å². The average Bonchev–Trinajstić information content (AvgIpc) is 2.17. The van der Waals surface area contributed by atoms with Crippen LogP contribution in [0.25, 0.3) is 0 Å². The second kappa shape index (κ2) is 3.81. The molecule has 1 atom stereocenters. The van der Waals surface area contributed by atoms with E-state index in [1.54, 1.807) is 12.4 Å². The van der Waals surface area contributed by atoms with Crippen molar-refractivity contribution in [3.63, 3.8) is 0 Å². The van der Waals surface area contributed by atoms with Crippen LogP contribution in [-0.2, 0) is 9.59 Å². The third-order valence-corrected chi connectivity index (χ3v) is 2.54. The molecule has 1 saturated heterocycles. The van der Waals surface area contributed by atoms with Gasteiger partial charge in [-0.05, 0) is 24.5 Å². The van der Waals surface area contributed by atoms with Crippen LogP contribution in [0.4, 0.5) is 0 Å². The van der Waals surface area contributed by atoms with Crippen molar-refractivity contribution in [3.05, 3.63) is 29.6 Å². The number of hydrogen-bond acceptors (Lipinski definition) is 3. The third-order valence-electron chi connectivity index (χ3n) is 2.54. The van der Waals surface area contributed by atoms with Crippen LogP contribution in [0.5, 0.6) is 0 Å². The topological polar surface area (TPSA) is 59.1 Å². The first-order valence-electron chi connectivity index (χ1n) is 4.92. The third kappa shape index (κ3) is 2.03. The molecule has 0 radical (unpaired) electrons. The zero-order chi connectivity index (χ0) is 10.8. The van der Waals surface area contributed by atoms with Crippen LogP contribution in [0.2, 0.25) is 0 Å². The molecule has 0 aromatic carbocycles. The summed E-state index contributed by atoms with van der Waals surface area (Å²) in [5.74, 6) is -0.620. The van der Waals surface area contributed by atoms with E-state index < -0.39 is 0 Å². The standard InChI is InChI=1S/C11H12N2O2/c1-7-4-8(6-12-5-7)9-2-3-10(14)13-11(9)15/h4-6,9H,2-3H2,1H3,(H,13,14,15). The lowest BCUT2D eigenvalue weighted by molar-refractivity contribution is -0.134. The van der Waals surface area contributed by atoms with Crippen molar-refractivity contribution in [3.8, 4) is 0 Å². The Hall–Kier alpha value is -1.71. The van der Waals surface area contributed by atoms with E-state index in [4.69, 9.17) is 0 Å². The predicted molar refractivity (Wildman–Crippen MR) is 54.1 cm³/mol. The molecule has 1 fully saturated rings. The molecule has 78 valence electrons. The van der Waals surface area contributed by atoms with E-state index >= 15 is 0 Å². The molecule has 4 heteroatoms. The highest BCUT2D eigenvalue weighted by Gasteiger charge is 2.27. The van der Waals surface area contributed by atoms with Crippen LogP contribution in [0.15, 0.2) is 18.5 Å². The number of carbonyl (C=O) groups excluding carboxylic acids is 2. The Morgan fingerprint density at radius 2 is 2.20 bits per heavy atom. The maximum atomic E-state index is 11.6. The van der Waals surface area contributed by atoms with Crippen LogP contribution in [0, 0.1) is 6.92 Å². The van der Waals surface area contributed by atoms with Gasteiger partial charge in [0.1, 0.15) is 0 Å². The normalized spacial score (nSPS) is 21.3. The number of piperidine rings is 1. The quantitative estimate of drug-likeness (QED) is 0.692. The molecule has 1 aliphatic heterocycles. The Labute approximate surface area is 87.7 Å². The van der Waals surface area contributed by atoms with E-state index in [2.05, 4.69) is 10.3 Å². The molecule has 15 heavy (non-hydrogen) atoms. The fourth-order valence-corrected chi connectivity index (χ4v) is 1.78. The van der Waals surface area contributed by atoms with Crippen molar-refractivity contribution in [2.75, 3.05) is 0 Å². The lowest BCUT2D eigenvalue weighted by atomic mass is 9.91. The number of aryl methyl sites for hydroxylation is 1. The lowest BCUT2D eigenvalue weighted by Crippen LogP contribution is -2.39. The summed E-state index contributed by atoms with van der Waals surface area (Å²) in [5.41, 5.74) is 1.91. The van der Waals surface area contributed by atoms with Gasteiger partial charge in [0.05, 0.1) is 5.92 Å². The highest BCUT2D eigenvalue weighted by Crippen LogP contribution is 2.24. The van der Waals surface area contributed by atoms with Gasteiger partial charge in [0.15, 0.2) is 0 Å². The molecule has 2 amide bonds. The van der Waals surface area contributed by atoms with Gasteiger partial charge in [-0.1, -0.05) is 6.07 Å². The van der Waals surface area contributed by atoms with Crippen LogP contribution in [-0.4, -0.2) is 16.8 Å². The van der Waals surface area contributed by atoms with Crippen LogP contribution in [0.1, 0.15) is 29.9 Å². The summed E-state index contributed by atoms with van der Waals surface area (Å²) in [6, 6.07) is 1.94. The first-order chi connectivity index (χ1) is 7.16. The number of nitrogens with zero attached hydrogens (tertiary/aromatic N) is 1. The van der Waals surface area contributed by atoms with Gasteiger partial charge in [-0.2, -0.15) is 0 Å². The summed E-state index contributed by atoms with van der Waals surface area (Å²) in [7, 11) is 0. The molecule has 0 spiro atoms. The van der Waals surface area contributed by atoms with Gasteiger partial charge in [0, 0.05) is 18.8 Å². The number of imide groups is 1. The molecule has 0 aliphatic carbocycles. The molecule has 1 unspecified atom stereocenters. The molecular weight excluding hydrogens is 192 g/mol. The first kappa shape index (κ1) is 9.83. The molecule has 1 aromatic heterocycles. The van der Waals surface area contributed by atoms with Crippen molar-refractivity contribution in [2.45, 2.75) is 25.7 Å². The van der Waals surface area contributed by atoms with E-state index in [1.165, 1.54) is 0 Å². The summed E-state index contributed by atoms with van der Waals surface area (Å²) < 4.78 is 0. The van der Waals surface area contributed by atoms with Crippen molar-refractivity contribution >= 4 is 11.8 Å². The van der Waals surface area contributed by atoms with Gasteiger partial charge >= 0.3 is 0 Å². The molecule has 1 N–H and O–H groups in total. The Bertz CT molecular complexity index is 415. The monoisotopic (exact) mass is 204 g/mol. The summed E-state index contributed by atoms with van der Waals surface area (Å²) in [6.45, 7) is 1.93. The summed E-state index contributed by atoms with van der Waals surface area (Å²) in [5, 5.41) is 2.34. The average molecular weight is 204 g/mol. The van der Waals surface area contributed by atoms with Crippen LogP contribution < -0.4 is 5.32 Å². The molecule has 2 heterocycles. The number of carbonyl (C=O) groups is 2. The van der Waals surface area contributed by atoms with Gasteiger partial charge in [0.2, 0.25) is 11.8 Å². The van der Waals surface area contributed by atoms with Crippen molar-refractivity contribution in [1.29, 1.82) is 0 Å². The Morgan fingerprint density at radius 1 is 1.40 bits per heavy atom. The number of hydrogen-bond donors (Lipinski definition) is 1. The predicted octanol–water partition coefficient (Wildman–Crippen LogP) is 0.910. The SMILES string of the molecule is Cc1cncc(C2CCC(=O)NC2=O)c1. The van der Waals surface area contributed by atoms with E-state index in [9.17, 15) is 9.59 Å². The summed E-state index contributed by atoms with van der Waals surface area (Å²) in [4.78, 5) is 26.6. The van der Waals surface area contributed by atoms with Crippen molar-refractivity contribution in [2.24, 2.45) is 0 Å². The van der Waals surface area contributed by atoms with Gasteiger partial charge in [-0.25, -0.2) is 0 Å². The summed E-state index contributed by atoms with van der Waals surface area (Å²) >= 11 is 0. The van der Waals surface area contributed by atoms with E-state index in [0.717, 1.165) is 11.1 Å². The number of pyridine rings is 1. The molecule has 0 bridgehead atoms. The molecular formula is C11H12N2O2.